The molecule has 1 N–H and O–H groups in total. The lowest BCUT2D eigenvalue weighted by molar-refractivity contribution is 0.0950. The molecule has 6 nitrogen and oxygen atoms in total. The van der Waals surface area contributed by atoms with E-state index in [4.69, 9.17) is 9.26 Å². The fourth-order valence-corrected chi connectivity index (χ4v) is 3.41. The summed E-state index contributed by atoms with van der Waals surface area (Å²) in [5, 5.41) is 7.27. The first kappa shape index (κ1) is 16.3. The Kier molecular flexibility index (Phi) is 4.37. The second-order valence-corrected chi connectivity index (χ2v) is 6.61. The number of methoxy groups -OCH3 is 1. The standard InChI is InChI=1S/C19H15N3O3S/c1-24-14-6-4-5-12(9-14)16-10-13(22-25-16)11-20-18(23)19-21-15-7-2-3-8-17(15)26-19/h2-10H,11H2,1H3,(H,20,23). The fraction of sp³-hybridized carbons (Fsp3) is 0.105. The second-order valence-electron chi connectivity index (χ2n) is 5.58. The maximum Gasteiger partial charge on any atom is 0.280 e. The van der Waals surface area contributed by atoms with Crippen molar-refractivity contribution in [3.8, 4) is 17.1 Å². The predicted molar refractivity (Wildman–Crippen MR) is 99.3 cm³/mol. The third-order valence-corrected chi connectivity index (χ3v) is 4.87. The Morgan fingerprint density at radius 2 is 2.08 bits per heavy atom. The van der Waals surface area contributed by atoms with Crippen LogP contribution in [0.1, 0.15) is 15.5 Å². The van der Waals surface area contributed by atoms with Crippen LogP contribution in [0.2, 0.25) is 0 Å². The van der Waals surface area contributed by atoms with Crippen LogP contribution in [0.3, 0.4) is 0 Å². The van der Waals surface area contributed by atoms with Gasteiger partial charge < -0.3 is 14.6 Å². The molecule has 4 rings (SSSR count). The van der Waals surface area contributed by atoms with Gasteiger partial charge in [0.1, 0.15) is 11.4 Å². The summed E-state index contributed by atoms with van der Waals surface area (Å²) in [5.74, 6) is 1.13. The molecule has 0 aliphatic rings. The minimum Gasteiger partial charge on any atom is -0.497 e. The maximum atomic E-state index is 12.3. The van der Waals surface area contributed by atoms with E-state index in [1.165, 1.54) is 11.3 Å². The number of nitrogens with one attached hydrogen (secondary N) is 1. The highest BCUT2D eigenvalue weighted by Crippen LogP contribution is 2.25. The summed E-state index contributed by atoms with van der Waals surface area (Å²) >= 11 is 1.37. The SMILES string of the molecule is COc1cccc(-c2cc(CNC(=O)c3nc4ccccc4s3)no2)c1. The average Bonchev–Trinajstić information content (AvgIpc) is 3.33. The van der Waals surface area contributed by atoms with E-state index in [9.17, 15) is 4.79 Å². The number of para-hydroxylation sites is 1. The fourth-order valence-electron chi connectivity index (χ4n) is 2.52. The zero-order chi connectivity index (χ0) is 17.9. The highest BCUT2D eigenvalue weighted by atomic mass is 32.1. The van der Waals surface area contributed by atoms with Crippen LogP contribution in [0.4, 0.5) is 0 Å². The normalized spacial score (nSPS) is 10.8. The van der Waals surface area contributed by atoms with Gasteiger partial charge in [0.05, 0.1) is 23.9 Å². The Morgan fingerprint density at radius 3 is 2.92 bits per heavy atom. The molecule has 130 valence electrons. The van der Waals surface area contributed by atoms with E-state index in [0.717, 1.165) is 21.5 Å². The van der Waals surface area contributed by atoms with Crippen LogP contribution in [0, 0.1) is 0 Å². The summed E-state index contributed by atoms with van der Waals surface area (Å²) < 4.78 is 11.6. The number of amides is 1. The smallest absolute Gasteiger partial charge is 0.280 e. The van der Waals surface area contributed by atoms with Gasteiger partial charge in [-0.2, -0.15) is 0 Å². The topological polar surface area (TPSA) is 77.2 Å². The molecular weight excluding hydrogens is 350 g/mol. The van der Waals surface area contributed by atoms with Crippen molar-refractivity contribution in [1.82, 2.24) is 15.5 Å². The number of hydrogen-bond donors (Lipinski definition) is 1. The monoisotopic (exact) mass is 365 g/mol. The molecule has 2 heterocycles. The van der Waals surface area contributed by atoms with Gasteiger partial charge in [0.15, 0.2) is 10.8 Å². The molecule has 26 heavy (non-hydrogen) atoms. The third kappa shape index (κ3) is 3.29. The average molecular weight is 365 g/mol. The zero-order valence-electron chi connectivity index (χ0n) is 13.9. The van der Waals surface area contributed by atoms with E-state index in [0.29, 0.717) is 16.5 Å². The quantitative estimate of drug-likeness (QED) is 0.581. The minimum atomic E-state index is -0.225. The molecule has 2 aromatic heterocycles. The lowest BCUT2D eigenvalue weighted by Crippen LogP contribution is -2.22. The first-order valence-corrected chi connectivity index (χ1v) is 8.78. The van der Waals surface area contributed by atoms with Crippen molar-refractivity contribution in [3.63, 3.8) is 0 Å². The Bertz CT molecular complexity index is 1040. The third-order valence-electron chi connectivity index (χ3n) is 3.83. The minimum absolute atomic E-state index is 0.225. The van der Waals surface area contributed by atoms with E-state index >= 15 is 0 Å². The van der Waals surface area contributed by atoms with Crippen molar-refractivity contribution in [3.05, 3.63) is 65.3 Å². The number of thiazole rings is 1. The molecule has 0 fully saturated rings. The summed E-state index contributed by atoms with van der Waals surface area (Å²) in [6.45, 7) is 0.266. The van der Waals surface area contributed by atoms with Gasteiger partial charge in [-0.1, -0.05) is 29.4 Å². The van der Waals surface area contributed by atoms with Gasteiger partial charge in [-0.15, -0.1) is 11.3 Å². The number of benzene rings is 2. The van der Waals surface area contributed by atoms with Gasteiger partial charge in [0.2, 0.25) is 0 Å². The van der Waals surface area contributed by atoms with Crippen LogP contribution in [0.25, 0.3) is 21.5 Å². The summed E-state index contributed by atoms with van der Waals surface area (Å²) in [7, 11) is 1.61. The van der Waals surface area contributed by atoms with Gasteiger partial charge >= 0.3 is 0 Å². The predicted octanol–water partition coefficient (Wildman–Crippen LogP) is 3.89. The molecular formula is C19H15N3O3S. The van der Waals surface area contributed by atoms with E-state index in [1.807, 2.05) is 48.5 Å². The lowest BCUT2D eigenvalue weighted by atomic mass is 10.1. The molecule has 0 saturated heterocycles. The molecule has 2 aromatic carbocycles. The number of hydrogen-bond acceptors (Lipinski definition) is 6. The van der Waals surface area contributed by atoms with Gasteiger partial charge in [-0.25, -0.2) is 4.98 Å². The molecule has 0 atom stereocenters. The number of fused-ring (bicyclic) bond motifs is 1. The summed E-state index contributed by atoms with van der Waals surface area (Å²) in [6.07, 6.45) is 0. The first-order chi connectivity index (χ1) is 12.7. The molecule has 0 bridgehead atoms. The van der Waals surface area contributed by atoms with E-state index in [1.54, 1.807) is 13.2 Å². The molecule has 0 unspecified atom stereocenters. The molecule has 0 spiro atoms. The van der Waals surface area contributed by atoms with Crippen LogP contribution < -0.4 is 10.1 Å². The van der Waals surface area contributed by atoms with Crippen LogP contribution in [0.5, 0.6) is 5.75 Å². The lowest BCUT2D eigenvalue weighted by Gasteiger charge is -2.00. The number of carbonyl (C=O) groups is 1. The van der Waals surface area contributed by atoms with Crippen LogP contribution in [0.15, 0.2) is 59.1 Å². The van der Waals surface area contributed by atoms with Gasteiger partial charge in [-0.05, 0) is 24.3 Å². The number of nitrogens with zero attached hydrogens (tertiary/aromatic N) is 2. The molecule has 0 saturated carbocycles. The molecule has 0 radical (unpaired) electrons. The summed E-state index contributed by atoms with van der Waals surface area (Å²) in [5.41, 5.74) is 2.32. The van der Waals surface area contributed by atoms with Crippen LogP contribution >= 0.6 is 11.3 Å². The number of rotatable bonds is 5. The van der Waals surface area contributed by atoms with Crippen molar-refractivity contribution in [2.24, 2.45) is 0 Å². The Hall–Kier alpha value is -3.19. The number of carbonyl (C=O) groups excluding carboxylic acids is 1. The van der Waals surface area contributed by atoms with Crippen LogP contribution in [-0.4, -0.2) is 23.2 Å². The number of aromatic nitrogens is 2. The van der Waals surface area contributed by atoms with Gasteiger partial charge in [0.25, 0.3) is 5.91 Å². The largest absolute Gasteiger partial charge is 0.497 e. The Morgan fingerprint density at radius 1 is 1.19 bits per heavy atom. The first-order valence-electron chi connectivity index (χ1n) is 7.97. The molecule has 1 amide bonds. The summed E-state index contributed by atoms with van der Waals surface area (Å²) in [6, 6.07) is 17.0. The van der Waals surface area contributed by atoms with E-state index in [2.05, 4.69) is 15.5 Å². The van der Waals surface area contributed by atoms with Crippen molar-refractivity contribution in [2.75, 3.05) is 7.11 Å². The van der Waals surface area contributed by atoms with Crippen molar-refractivity contribution in [1.29, 1.82) is 0 Å². The van der Waals surface area contributed by atoms with Gasteiger partial charge in [0, 0.05) is 11.6 Å². The number of ether oxygens (including phenoxy) is 1. The van der Waals surface area contributed by atoms with Gasteiger partial charge in [-0.3, -0.25) is 4.79 Å². The Labute approximate surface area is 153 Å². The molecule has 4 aromatic rings. The zero-order valence-corrected chi connectivity index (χ0v) is 14.7. The summed E-state index contributed by atoms with van der Waals surface area (Å²) in [4.78, 5) is 16.7. The van der Waals surface area contributed by atoms with Crippen LogP contribution in [-0.2, 0) is 6.54 Å². The highest BCUT2D eigenvalue weighted by molar-refractivity contribution is 7.20. The molecule has 0 aliphatic carbocycles. The Balaban J connectivity index is 1.44. The van der Waals surface area contributed by atoms with E-state index in [-0.39, 0.29) is 12.5 Å². The molecule has 0 aliphatic heterocycles. The maximum absolute atomic E-state index is 12.3. The second kappa shape index (κ2) is 6.97. The van der Waals surface area contributed by atoms with Crippen molar-refractivity contribution < 1.29 is 14.1 Å². The van der Waals surface area contributed by atoms with Crippen molar-refractivity contribution in [2.45, 2.75) is 6.54 Å². The highest BCUT2D eigenvalue weighted by Gasteiger charge is 2.13. The molecule has 7 heteroatoms. The van der Waals surface area contributed by atoms with E-state index < -0.39 is 0 Å². The van der Waals surface area contributed by atoms with Crippen molar-refractivity contribution >= 4 is 27.5 Å².